The molecule has 4 aromatic rings. The summed E-state index contributed by atoms with van der Waals surface area (Å²) in [6, 6.07) is 16.9. The summed E-state index contributed by atoms with van der Waals surface area (Å²) in [7, 11) is -3.64. The zero-order chi connectivity index (χ0) is 23.5. The van der Waals surface area contributed by atoms with Crippen LogP contribution < -0.4 is 10.2 Å². The predicted molar refractivity (Wildman–Crippen MR) is 127 cm³/mol. The number of nitrogens with zero attached hydrogens (tertiary/aromatic N) is 2. The molecule has 0 aliphatic carbocycles. The van der Waals surface area contributed by atoms with Crippen LogP contribution in [0.15, 0.2) is 87.3 Å². The molecule has 2 aromatic carbocycles. The lowest BCUT2D eigenvalue weighted by Gasteiger charge is -2.28. The van der Waals surface area contributed by atoms with Crippen molar-refractivity contribution in [1.29, 1.82) is 0 Å². The van der Waals surface area contributed by atoms with Crippen molar-refractivity contribution >= 4 is 32.4 Å². The number of aromatic nitrogens is 1. The van der Waals surface area contributed by atoms with E-state index in [-0.39, 0.29) is 28.0 Å². The first kappa shape index (κ1) is 22.1. The van der Waals surface area contributed by atoms with Gasteiger partial charge in [-0.3, -0.25) is 9.78 Å². The Balaban J connectivity index is 1.24. The normalized spacial score (nSPS) is 14.3. The standard InChI is InChI=1S/C25H23N3O5S/c29-25(23-15-19-9-10-26-17-24(19)33-23)27-16-18-1-5-21(6-2-18)34(30,31)22-7-3-20(4-8-22)28-11-13-32-14-12-28/h1-10,15,17H,11-14,16H2,(H,27,29). The Kier molecular flexibility index (Phi) is 6.04. The highest BCUT2D eigenvalue weighted by Gasteiger charge is 2.19. The van der Waals surface area contributed by atoms with Crippen LogP contribution >= 0.6 is 0 Å². The van der Waals surface area contributed by atoms with Crippen LogP contribution in [0, 0.1) is 0 Å². The van der Waals surface area contributed by atoms with Gasteiger partial charge in [-0.05, 0) is 54.1 Å². The fraction of sp³-hybridized carbons (Fsp3) is 0.200. The first-order valence-corrected chi connectivity index (χ1v) is 12.4. The Bertz CT molecular complexity index is 1370. The molecule has 0 atom stereocenters. The number of carbonyl (C=O) groups is 1. The van der Waals surface area contributed by atoms with Crippen molar-refractivity contribution in [2.45, 2.75) is 16.3 Å². The molecule has 1 N–H and O–H groups in total. The zero-order valence-corrected chi connectivity index (χ0v) is 19.1. The molecule has 2 aromatic heterocycles. The smallest absolute Gasteiger partial charge is 0.287 e. The first-order chi connectivity index (χ1) is 16.5. The number of carbonyl (C=O) groups excluding carboxylic acids is 1. The average molecular weight is 478 g/mol. The molecule has 0 bridgehead atoms. The van der Waals surface area contributed by atoms with Gasteiger partial charge in [0.1, 0.15) is 0 Å². The molecule has 1 aliphatic heterocycles. The van der Waals surface area contributed by atoms with Crippen LogP contribution in [0.2, 0.25) is 0 Å². The number of sulfone groups is 1. The number of ether oxygens (including phenoxy) is 1. The highest BCUT2D eigenvalue weighted by Crippen LogP contribution is 2.25. The second-order valence-electron chi connectivity index (χ2n) is 7.95. The van der Waals surface area contributed by atoms with Crippen molar-refractivity contribution in [1.82, 2.24) is 10.3 Å². The summed E-state index contributed by atoms with van der Waals surface area (Å²) >= 11 is 0. The van der Waals surface area contributed by atoms with Gasteiger partial charge in [0.15, 0.2) is 11.3 Å². The van der Waals surface area contributed by atoms with E-state index in [9.17, 15) is 13.2 Å². The van der Waals surface area contributed by atoms with Crippen LogP contribution in [0.4, 0.5) is 5.69 Å². The van der Waals surface area contributed by atoms with E-state index < -0.39 is 9.84 Å². The fourth-order valence-corrected chi connectivity index (χ4v) is 5.11. The minimum atomic E-state index is -3.64. The van der Waals surface area contributed by atoms with Gasteiger partial charge in [-0.1, -0.05) is 12.1 Å². The van der Waals surface area contributed by atoms with E-state index in [0.29, 0.717) is 18.8 Å². The third-order valence-corrected chi connectivity index (χ3v) is 7.54. The molecule has 1 saturated heterocycles. The molecule has 1 amide bonds. The number of fused-ring (bicyclic) bond motifs is 1. The maximum Gasteiger partial charge on any atom is 0.287 e. The van der Waals surface area contributed by atoms with Gasteiger partial charge in [0.25, 0.3) is 5.91 Å². The molecular weight excluding hydrogens is 454 g/mol. The number of hydrogen-bond donors (Lipinski definition) is 1. The van der Waals surface area contributed by atoms with Gasteiger partial charge in [0.05, 0.1) is 29.2 Å². The van der Waals surface area contributed by atoms with Gasteiger partial charge in [-0.2, -0.15) is 0 Å². The highest BCUT2D eigenvalue weighted by atomic mass is 32.2. The SMILES string of the molecule is O=C(NCc1ccc(S(=O)(=O)c2ccc(N3CCOCC3)cc2)cc1)c1cc2ccncc2o1. The Hall–Kier alpha value is -3.69. The molecule has 0 saturated carbocycles. The monoisotopic (exact) mass is 477 g/mol. The van der Waals surface area contributed by atoms with Crippen molar-refractivity contribution in [2.75, 3.05) is 31.2 Å². The van der Waals surface area contributed by atoms with Gasteiger partial charge in [0.2, 0.25) is 9.84 Å². The van der Waals surface area contributed by atoms with Gasteiger partial charge < -0.3 is 19.4 Å². The average Bonchev–Trinajstić information content (AvgIpc) is 3.33. The van der Waals surface area contributed by atoms with E-state index in [0.717, 1.165) is 29.7 Å². The second-order valence-corrected chi connectivity index (χ2v) is 9.90. The fourth-order valence-electron chi connectivity index (χ4n) is 3.85. The van der Waals surface area contributed by atoms with Crippen LogP contribution in [-0.4, -0.2) is 45.6 Å². The number of benzene rings is 2. The van der Waals surface area contributed by atoms with Crippen LogP contribution in [0.1, 0.15) is 16.1 Å². The van der Waals surface area contributed by atoms with Gasteiger partial charge in [-0.15, -0.1) is 0 Å². The molecule has 1 aliphatic rings. The number of furan rings is 1. The molecule has 0 radical (unpaired) electrons. The maximum atomic E-state index is 13.0. The van der Waals surface area contributed by atoms with Gasteiger partial charge in [-0.25, -0.2) is 8.42 Å². The molecular formula is C25H23N3O5S. The molecule has 34 heavy (non-hydrogen) atoms. The summed E-state index contributed by atoms with van der Waals surface area (Å²) in [4.78, 5) is 19.0. The summed E-state index contributed by atoms with van der Waals surface area (Å²) < 4.78 is 37.0. The number of morpholine rings is 1. The Morgan fingerprint density at radius 3 is 2.32 bits per heavy atom. The van der Waals surface area contributed by atoms with Crippen LogP contribution in [0.3, 0.4) is 0 Å². The summed E-state index contributed by atoms with van der Waals surface area (Å²) in [5.41, 5.74) is 2.29. The van der Waals surface area contributed by atoms with Crippen molar-refractivity contribution in [3.8, 4) is 0 Å². The first-order valence-electron chi connectivity index (χ1n) is 10.9. The lowest BCUT2D eigenvalue weighted by atomic mass is 10.2. The van der Waals surface area contributed by atoms with Crippen molar-refractivity contribution in [2.24, 2.45) is 0 Å². The van der Waals surface area contributed by atoms with E-state index in [1.807, 2.05) is 12.1 Å². The maximum absolute atomic E-state index is 13.0. The third kappa shape index (κ3) is 4.52. The van der Waals surface area contributed by atoms with Crippen LogP contribution in [-0.2, 0) is 21.1 Å². The van der Waals surface area contributed by atoms with E-state index in [1.165, 1.54) is 0 Å². The summed E-state index contributed by atoms with van der Waals surface area (Å²) in [5.74, 6) is -0.157. The number of nitrogens with one attached hydrogen (secondary N) is 1. The minimum absolute atomic E-state index is 0.197. The number of anilines is 1. The summed E-state index contributed by atoms with van der Waals surface area (Å²) in [6.45, 7) is 3.16. The van der Waals surface area contributed by atoms with E-state index >= 15 is 0 Å². The van der Waals surface area contributed by atoms with Gasteiger partial charge >= 0.3 is 0 Å². The van der Waals surface area contributed by atoms with Gasteiger partial charge in [0, 0.05) is 36.9 Å². The topological polar surface area (TPSA) is 102 Å². The molecule has 5 rings (SSSR count). The molecule has 8 nitrogen and oxygen atoms in total. The Labute approximate surface area is 197 Å². The van der Waals surface area contributed by atoms with Crippen LogP contribution in [0.5, 0.6) is 0 Å². The Morgan fingerprint density at radius 2 is 1.65 bits per heavy atom. The third-order valence-electron chi connectivity index (χ3n) is 5.76. The quantitative estimate of drug-likeness (QED) is 0.454. The van der Waals surface area contributed by atoms with E-state index in [1.54, 1.807) is 60.9 Å². The second kappa shape index (κ2) is 9.28. The number of rotatable bonds is 6. The summed E-state index contributed by atoms with van der Waals surface area (Å²) in [6.07, 6.45) is 3.19. The Morgan fingerprint density at radius 1 is 0.971 bits per heavy atom. The van der Waals surface area contributed by atoms with Crippen molar-refractivity contribution < 1.29 is 22.4 Å². The number of hydrogen-bond acceptors (Lipinski definition) is 7. The zero-order valence-electron chi connectivity index (χ0n) is 18.3. The molecule has 3 heterocycles. The molecule has 9 heteroatoms. The van der Waals surface area contributed by atoms with E-state index in [4.69, 9.17) is 9.15 Å². The number of pyridine rings is 1. The van der Waals surface area contributed by atoms with Crippen molar-refractivity contribution in [3.05, 3.63) is 84.4 Å². The lowest BCUT2D eigenvalue weighted by Crippen LogP contribution is -2.36. The summed E-state index contributed by atoms with van der Waals surface area (Å²) in [5, 5.41) is 3.59. The highest BCUT2D eigenvalue weighted by molar-refractivity contribution is 7.91. The largest absolute Gasteiger partial charge is 0.449 e. The molecule has 1 fully saturated rings. The van der Waals surface area contributed by atoms with Crippen LogP contribution in [0.25, 0.3) is 11.0 Å². The van der Waals surface area contributed by atoms with Crippen molar-refractivity contribution in [3.63, 3.8) is 0 Å². The molecule has 0 unspecified atom stereocenters. The van der Waals surface area contributed by atoms with E-state index in [2.05, 4.69) is 15.2 Å². The predicted octanol–water partition coefficient (Wildman–Crippen LogP) is 3.43. The molecule has 174 valence electrons. The lowest BCUT2D eigenvalue weighted by molar-refractivity contribution is 0.0925. The molecule has 0 spiro atoms. The minimum Gasteiger partial charge on any atom is -0.449 e. The number of amides is 1.